The normalized spacial score (nSPS) is 20.1. The van der Waals surface area contributed by atoms with Crippen LogP contribution in [-0.2, 0) is 4.79 Å². The van der Waals surface area contributed by atoms with E-state index in [1.807, 2.05) is 49.4 Å². The molecule has 0 N–H and O–H groups in total. The summed E-state index contributed by atoms with van der Waals surface area (Å²) in [7, 11) is 0. The smallest absolute Gasteiger partial charge is 0.260 e. The first-order chi connectivity index (χ1) is 16.1. The number of hydrazone groups is 1. The number of nitrogens with zero attached hydrogens (tertiary/aromatic N) is 6. The van der Waals surface area contributed by atoms with Crippen molar-refractivity contribution >= 4 is 29.2 Å². The molecule has 8 nitrogen and oxygen atoms in total. The van der Waals surface area contributed by atoms with Gasteiger partial charge in [0.05, 0.1) is 18.0 Å². The van der Waals surface area contributed by atoms with Gasteiger partial charge in [-0.25, -0.2) is 15.0 Å². The Hall–Kier alpha value is -3.23. The fourth-order valence-electron chi connectivity index (χ4n) is 4.34. The molecule has 0 radical (unpaired) electrons. The summed E-state index contributed by atoms with van der Waals surface area (Å²) in [6.45, 7) is 4.98. The molecule has 0 aliphatic carbocycles. The van der Waals surface area contributed by atoms with Crippen LogP contribution in [0.15, 0.2) is 70.6 Å². The lowest BCUT2D eigenvalue weighted by Crippen LogP contribution is -2.54. The van der Waals surface area contributed by atoms with Crippen molar-refractivity contribution in [2.45, 2.75) is 25.4 Å². The van der Waals surface area contributed by atoms with Gasteiger partial charge in [0, 0.05) is 50.0 Å². The number of benzene rings is 1. The summed E-state index contributed by atoms with van der Waals surface area (Å²) in [5.74, 6) is 1.42. The summed E-state index contributed by atoms with van der Waals surface area (Å²) in [6, 6.07) is 12.5. The second kappa shape index (κ2) is 9.33. The number of halogens is 1. The van der Waals surface area contributed by atoms with Gasteiger partial charge in [0.15, 0.2) is 0 Å². The maximum atomic E-state index is 13.6. The zero-order valence-corrected chi connectivity index (χ0v) is 19.1. The molecule has 0 bridgehead atoms. The van der Waals surface area contributed by atoms with Crippen LogP contribution in [0.5, 0.6) is 0 Å². The first-order valence-electron chi connectivity index (χ1n) is 11.1. The summed E-state index contributed by atoms with van der Waals surface area (Å²) in [4.78, 5) is 26.6. The van der Waals surface area contributed by atoms with E-state index >= 15 is 0 Å². The van der Waals surface area contributed by atoms with E-state index in [1.54, 1.807) is 23.7 Å². The summed E-state index contributed by atoms with van der Waals surface area (Å²) >= 11 is 6.05. The molecule has 1 fully saturated rings. The predicted molar refractivity (Wildman–Crippen MR) is 126 cm³/mol. The van der Waals surface area contributed by atoms with Crippen molar-refractivity contribution in [3.8, 4) is 0 Å². The van der Waals surface area contributed by atoms with Gasteiger partial charge in [-0.15, -0.1) is 0 Å². The highest BCUT2D eigenvalue weighted by Crippen LogP contribution is 2.34. The molecule has 3 aromatic rings. The van der Waals surface area contributed by atoms with E-state index in [0.29, 0.717) is 11.4 Å². The van der Waals surface area contributed by atoms with Crippen LogP contribution in [-0.4, -0.2) is 63.7 Å². The molecule has 2 aliphatic heterocycles. The van der Waals surface area contributed by atoms with Crippen LogP contribution < -0.4 is 4.90 Å². The second-order valence-electron chi connectivity index (χ2n) is 8.22. The first kappa shape index (κ1) is 21.6. The molecule has 9 heteroatoms. The highest BCUT2D eigenvalue weighted by atomic mass is 35.5. The van der Waals surface area contributed by atoms with Crippen molar-refractivity contribution in [1.82, 2.24) is 19.9 Å². The lowest BCUT2D eigenvalue weighted by Gasteiger charge is -2.38. The minimum Gasteiger partial charge on any atom is -0.467 e. The molecule has 0 unspecified atom stereocenters. The van der Waals surface area contributed by atoms with Gasteiger partial charge in [-0.1, -0.05) is 23.7 Å². The third-order valence-corrected chi connectivity index (χ3v) is 6.49. The van der Waals surface area contributed by atoms with E-state index in [2.05, 4.69) is 19.8 Å². The Morgan fingerprint density at radius 1 is 1.06 bits per heavy atom. The Balaban J connectivity index is 1.32. The number of aromatic nitrogens is 2. The van der Waals surface area contributed by atoms with Crippen molar-refractivity contribution in [2.24, 2.45) is 5.10 Å². The third kappa shape index (κ3) is 4.49. The summed E-state index contributed by atoms with van der Waals surface area (Å²) < 4.78 is 5.67. The molecule has 4 heterocycles. The van der Waals surface area contributed by atoms with E-state index < -0.39 is 0 Å². The lowest BCUT2D eigenvalue weighted by atomic mass is 10.0. The lowest BCUT2D eigenvalue weighted by molar-refractivity contribution is -0.138. The summed E-state index contributed by atoms with van der Waals surface area (Å²) in [5.41, 5.74) is 1.80. The minimum atomic E-state index is -0.311. The molecule has 0 spiro atoms. The Morgan fingerprint density at radius 2 is 1.79 bits per heavy atom. The Bertz CT molecular complexity index is 1110. The quantitative estimate of drug-likeness (QED) is 0.574. The summed E-state index contributed by atoms with van der Waals surface area (Å²) in [5, 5.41) is 7.01. The minimum absolute atomic E-state index is 0.0372. The molecule has 5 rings (SSSR count). The predicted octanol–water partition coefficient (Wildman–Crippen LogP) is 3.61. The number of rotatable bonds is 5. The van der Waals surface area contributed by atoms with Crippen LogP contribution in [0.25, 0.3) is 0 Å². The fraction of sp³-hybridized carbons (Fsp3) is 0.333. The molecule has 170 valence electrons. The number of anilines is 1. The number of carbonyl (C=O) groups excluding carboxylic acids is 1. The molecular formula is C24H25ClN6O2. The van der Waals surface area contributed by atoms with Crippen molar-refractivity contribution < 1.29 is 9.21 Å². The number of hydrogen-bond acceptors (Lipinski definition) is 7. The van der Waals surface area contributed by atoms with Crippen LogP contribution in [0.4, 0.5) is 5.95 Å². The van der Waals surface area contributed by atoms with E-state index in [0.717, 1.165) is 49.2 Å². The monoisotopic (exact) mass is 464 g/mol. The highest BCUT2D eigenvalue weighted by molar-refractivity contribution is 6.30. The Kier molecular flexibility index (Phi) is 6.11. The molecule has 33 heavy (non-hydrogen) atoms. The molecule has 2 aromatic heterocycles. The van der Waals surface area contributed by atoms with Gasteiger partial charge in [-0.05, 0) is 42.8 Å². The number of furan rings is 1. The van der Waals surface area contributed by atoms with Crippen molar-refractivity contribution in [3.05, 3.63) is 77.5 Å². The zero-order valence-electron chi connectivity index (χ0n) is 18.3. The number of carbonyl (C=O) groups is 1. The molecule has 0 saturated carbocycles. The Morgan fingerprint density at radius 3 is 2.45 bits per heavy atom. The van der Waals surface area contributed by atoms with Crippen molar-refractivity contribution in [3.63, 3.8) is 0 Å². The van der Waals surface area contributed by atoms with Crippen LogP contribution in [0.3, 0.4) is 0 Å². The number of amides is 1. The van der Waals surface area contributed by atoms with E-state index in [9.17, 15) is 4.79 Å². The zero-order chi connectivity index (χ0) is 22.8. The topological polar surface area (TPSA) is 78.1 Å². The van der Waals surface area contributed by atoms with Gasteiger partial charge >= 0.3 is 0 Å². The van der Waals surface area contributed by atoms with Crippen LogP contribution >= 0.6 is 11.6 Å². The standard InChI is InChI=1S/C24H25ClN6O2/c1-17(29-11-13-30(14-12-29)24-26-9-3-10-27-24)23(32)31-21(22-4-2-15-33-22)16-20(28-31)18-5-7-19(25)8-6-18/h2-10,15,17,21H,11-14,16H2,1H3/t17-,21+/m1/s1. The van der Waals surface area contributed by atoms with Crippen molar-refractivity contribution in [1.29, 1.82) is 0 Å². The molecule has 2 atom stereocenters. The van der Waals surface area contributed by atoms with Gasteiger partial charge in [0.1, 0.15) is 11.8 Å². The number of piperazine rings is 1. The first-order valence-corrected chi connectivity index (χ1v) is 11.4. The fourth-order valence-corrected chi connectivity index (χ4v) is 4.47. The maximum absolute atomic E-state index is 13.6. The van der Waals surface area contributed by atoms with Gasteiger partial charge < -0.3 is 9.32 Å². The van der Waals surface area contributed by atoms with Gasteiger partial charge in [0.2, 0.25) is 5.95 Å². The van der Waals surface area contributed by atoms with E-state index in [-0.39, 0.29) is 18.0 Å². The van der Waals surface area contributed by atoms with E-state index in [1.165, 1.54) is 0 Å². The summed E-state index contributed by atoms with van der Waals surface area (Å²) in [6.07, 6.45) is 5.72. The van der Waals surface area contributed by atoms with E-state index in [4.69, 9.17) is 21.1 Å². The van der Waals surface area contributed by atoms with Crippen LogP contribution in [0.2, 0.25) is 5.02 Å². The molecule has 2 aliphatic rings. The van der Waals surface area contributed by atoms with Gasteiger partial charge in [-0.3, -0.25) is 9.69 Å². The van der Waals surface area contributed by atoms with Crippen LogP contribution in [0, 0.1) is 0 Å². The average molecular weight is 465 g/mol. The molecular weight excluding hydrogens is 440 g/mol. The van der Waals surface area contributed by atoms with Gasteiger partial charge in [0.25, 0.3) is 5.91 Å². The molecule has 1 saturated heterocycles. The maximum Gasteiger partial charge on any atom is 0.260 e. The van der Waals surface area contributed by atoms with Crippen LogP contribution in [0.1, 0.15) is 30.7 Å². The molecule has 1 aromatic carbocycles. The third-order valence-electron chi connectivity index (χ3n) is 6.24. The number of hydrogen-bond donors (Lipinski definition) is 0. The van der Waals surface area contributed by atoms with Crippen molar-refractivity contribution in [2.75, 3.05) is 31.1 Å². The largest absolute Gasteiger partial charge is 0.467 e. The molecule has 1 amide bonds. The Labute approximate surface area is 197 Å². The SMILES string of the molecule is C[C@H](C(=O)N1N=C(c2ccc(Cl)cc2)C[C@H]1c1ccco1)N1CCN(c2ncccn2)CC1. The van der Waals surface area contributed by atoms with Gasteiger partial charge in [-0.2, -0.15) is 5.10 Å². The second-order valence-corrected chi connectivity index (χ2v) is 8.66. The average Bonchev–Trinajstić information content (AvgIpc) is 3.55. The highest BCUT2D eigenvalue weighted by Gasteiger charge is 2.38.